The predicted octanol–water partition coefficient (Wildman–Crippen LogP) is 4.77. The molecule has 3 rings (SSSR count). The first kappa shape index (κ1) is 13.1. The zero-order valence-corrected chi connectivity index (χ0v) is 12.0. The summed E-state index contributed by atoms with van der Waals surface area (Å²) in [6.07, 6.45) is 0. The third-order valence-corrected chi connectivity index (χ3v) is 3.48. The lowest BCUT2D eigenvalue weighted by atomic mass is 10.2. The lowest BCUT2D eigenvalue weighted by Gasteiger charge is -2.12. The fourth-order valence-electron chi connectivity index (χ4n) is 2.36. The Hall–Kier alpha value is -1.87. The maximum absolute atomic E-state index is 14.2. The molecule has 102 valence electrons. The monoisotopic (exact) mass is 288 g/mol. The lowest BCUT2D eigenvalue weighted by Crippen LogP contribution is -2.04. The van der Waals surface area contributed by atoms with Gasteiger partial charge in [0.05, 0.1) is 22.1 Å². The Morgan fingerprint density at radius 1 is 1.20 bits per heavy atom. The molecule has 4 heteroatoms. The van der Waals surface area contributed by atoms with E-state index in [2.05, 4.69) is 4.98 Å². The average molecular weight is 289 g/mol. The van der Waals surface area contributed by atoms with Crippen LogP contribution in [-0.4, -0.2) is 9.55 Å². The highest BCUT2D eigenvalue weighted by Gasteiger charge is 2.18. The maximum atomic E-state index is 14.2. The van der Waals surface area contributed by atoms with Gasteiger partial charge >= 0.3 is 0 Å². The first-order valence-corrected chi connectivity index (χ1v) is 6.89. The summed E-state index contributed by atoms with van der Waals surface area (Å²) >= 11 is 6.22. The number of fused-ring (bicyclic) bond motifs is 1. The number of halogens is 2. The van der Waals surface area contributed by atoms with Gasteiger partial charge in [-0.2, -0.15) is 0 Å². The number of benzene rings is 2. The minimum Gasteiger partial charge on any atom is -0.292 e. The number of alkyl halides is 1. The summed E-state index contributed by atoms with van der Waals surface area (Å²) in [4.78, 5) is 4.52. The van der Waals surface area contributed by atoms with E-state index in [0.717, 1.165) is 16.6 Å². The van der Waals surface area contributed by atoms with Gasteiger partial charge in [-0.25, -0.2) is 9.37 Å². The van der Waals surface area contributed by atoms with Crippen molar-refractivity contribution in [2.45, 2.75) is 19.2 Å². The summed E-state index contributed by atoms with van der Waals surface area (Å²) in [5, 5.41) is -0.303. The quantitative estimate of drug-likeness (QED) is 0.621. The van der Waals surface area contributed by atoms with E-state index in [1.165, 1.54) is 6.07 Å². The molecule has 0 spiro atoms. The van der Waals surface area contributed by atoms with E-state index in [4.69, 9.17) is 11.6 Å². The van der Waals surface area contributed by atoms with E-state index in [1.54, 1.807) is 10.6 Å². The molecule has 1 unspecified atom stereocenters. The standard InChI is InChI=1S/C16H14ClFN2/c1-10-7-8-12(18)15(9-10)20-14-6-4-3-5-13(14)19-16(20)11(2)17/h3-9,11H,1-2H3. The third kappa shape index (κ3) is 2.08. The smallest absolute Gasteiger partial charge is 0.147 e. The van der Waals surface area contributed by atoms with Crippen molar-refractivity contribution in [3.05, 3.63) is 59.7 Å². The summed E-state index contributed by atoms with van der Waals surface area (Å²) in [5.74, 6) is 0.370. The summed E-state index contributed by atoms with van der Waals surface area (Å²) < 4.78 is 16.0. The molecule has 0 saturated heterocycles. The fourth-order valence-corrected chi connectivity index (χ4v) is 2.51. The third-order valence-electron chi connectivity index (χ3n) is 3.29. The zero-order valence-electron chi connectivity index (χ0n) is 11.3. The van der Waals surface area contributed by atoms with Crippen LogP contribution < -0.4 is 0 Å². The molecule has 1 aromatic heterocycles. The van der Waals surface area contributed by atoms with Gasteiger partial charge < -0.3 is 0 Å². The van der Waals surface area contributed by atoms with Crippen molar-refractivity contribution in [2.75, 3.05) is 0 Å². The zero-order chi connectivity index (χ0) is 14.3. The van der Waals surface area contributed by atoms with Crippen LogP contribution in [-0.2, 0) is 0 Å². The number of hydrogen-bond donors (Lipinski definition) is 0. The summed E-state index contributed by atoms with van der Waals surface area (Å²) in [5.41, 5.74) is 3.16. The molecular formula is C16H14ClFN2. The van der Waals surface area contributed by atoms with Gasteiger partial charge in [0.15, 0.2) is 0 Å². The first-order chi connectivity index (χ1) is 9.58. The lowest BCUT2D eigenvalue weighted by molar-refractivity contribution is 0.616. The van der Waals surface area contributed by atoms with E-state index in [1.807, 2.05) is 44.2 Å². The molecule has 0 aliphatic carbocycles. The Morgan fingerprint density at radius 3 is 2.70 bits per heavy atom. The highest BCUT2D eigenvalue weighted by Crippen LogP contribution is 2.29. The average Bonchev–Trinajstić information content (AvgIpc) is 2.81. The second-order valence-corrected chi connectivity index (χ2v) is 5.52. The second kappa shape index (κ2) is 4.91. The Kier molecular flexibility index (Phi) is 3.22. The Bertz CT molecular complexity index is 777. The van der Waals surface area contributed by atoms with Gasteiger partial charge in [0, 0.05) is 0 Å². The second-order valence-electron chi connectivity index (χ2n) is 4.86. The van der Waals surface area contributed by atoms with E-state index >= 15 is 0 Å². The fraction of sp³-hybridized carbons (Fsp3) is 0.188. The largest absolute Gasteiger partial charge is 0.292 e. The van der Waals surface area contributed by atoms with Crippen LogP contribution in [0.15, 0.2) is 42.5 Å². The summed E-state index contributed by atoms with van der Waals surface area (Å²) in [6.45, 7) is 3.78. The van der Waals surface area contributed by atoms with Crippen LogP contribution in [0.3, 0.4) is 0 Å². The van der Waals surface area contributed by atoms with Gasteiger partial charge in [-0.15, -0.1) is 11.6 Å². The van der Waals surface area contributed by atoms with Crippen molar-refractivity contribution in [2.24, 2.45) is 0 Å². The topological polar surface area (TPSA) is 17.8 Å². The van der Waals surface area contributed by atoms with Crippen molar-refractivity contribution >= 4 is 22.6 Å². The molecule has 3 aromatic rings. The summed E-state index contributed by atoms with van der Waals surface area (Å²) in [6, 6.07) is 12.7. The Balaban J connectivity index is 2.39. The van der Waals surface area contributed by atoms with E-state index in [-0.39, 0.29) is 11.2 Å². The van der Waals surface area contributed by atoms with Gasteiger partial charge in [-0.3, -0.25) is 4.57 Å². The van der Waals surface area contributed by atoms with E-state index < -0.39 is 0 Å². The molecule has 0 aliphatic rings. The van der Waals surface area contributed by atoms with Crippen LogP contribution in [0, 0.1) is 12.7 Å². The van der Waals surface area contributed by atoms with Crippen LogP contribution in [0.4, 0.5) is 4.39 Å². The highest BCUT2D eigenvalue weighted by atomic mass is 35.5. The number of nitrogens with zero attached hydrogens (tertiary/aromatic N) is 2. The van der Waals surface area contributed by atoms with Crippen molar-refractivity contribution in [3.63, 3.8) is 0 Å². The summed E-state index contributed by atoms with van der Waals surface area (Å²) in [7, 11) is 0. The van der Waals surface area contributed by atoms with Gasteiger partial charge in [-0.05, 0) is 43.7 Å². The van der Waals surface area contributed by atoms with Crippen molar-refractivity contribution < 1.29 is 4.39 Å². The molecule has 2 aromatic carbocycles. The molecule has 0 N–H and O–H groups in total. The number of aryl methyl sites for hydroxylation is 1. The molecule has 0 bridgehead atoms. The number of aromatic nitrogens is 2. The molecule has 20 heavy (non-hydrogen) atoms. The van der Waals surface area contributed by atoms with Gasteiger partial charge in [0.1, 0.15) is 11.6 Å². The van der Waals surface area contributed by atoms with Crippen molar-refractivity contribution in [1.82, 2.24) is 9.55 Å². The minimum absolute atomic E-state index is 0.280. The van der Waals surface area contributed by atoms with Crippen LogP contribution in [0.25, 0.3) is 16.7 Å². The molecule has 2 nitrogen and oxygen atoms in total. The number of para-hydroxylation sites is 2. The number of rotatable bonds is 2. The van der Waals surface area contributed by atoms with Crippen LogP contribution in [0.1, 0.15) is 23.7 Å². The van der Waals surface area contributed by atoms with Crippen LogP contribution in [0.5, 0.6) is 0 Å². The molecule has 0 amide bonds. The molecule has 0 fully saturated rings. The van der Waals surface area contributed by atoms with E-state index in [0.29, 0.717) is 11.5 Å². The predicted molar refractivity (Wildman–Crippen MR) is 80.0 cm³/mol. The van der Waals surface area contributed by atoms with Gasteiger partial charge in [-0.1, -0.05) is 18.2 Å². The molecule has 1 atom stereocenters. The van der Waals surface area contributed by atoms with E-state index in [9.17, 15) is 4.39 Å². The Labute approximate surface area is 121 Å². The highest BCUT2D eigenvalue weighted by molar-refractivity contribution is 6.20. The van der Waals surface area contributed by atoms with Gasteiger partial charge in [0.25, 0.3) is 0 Å². The van der Waals surface area contributed by atoms with Gasteiger partial charge in [0.2, 0.25) is 0 Å². The molecule has 0 saturated carbocycles. The van der Waals surface area contributed by atoms with Crippen LogP contribution in [0.2, 0.25) is 0 Å². The van der Waals surface area contributed by atoms with Crippen molar-refractivity contribution in [1.29, 1.82) is 0 Å². The number of imidazole rings is 1. The first-order valence-electron chi connectivity index (χ1n) is 6.46. The van der Waals surface area contributed by atoms with Crippen LogP contribution >= 0.6 is 11.6 Å². The number of hydrogen-bond acceptors (Lipinski definition) is 1. The molecule has 0 radical (unpaired) electrons. The molecule has 1 heterocycles. The Morgan fingerprint density at radius 2 is 1.95 bits per heavy atom. The normalized spacial score (nSPS) is 12.8. The SMILES string of the molecule is Cc1ccc(F)c(-n2c(C(C)Cl)nc3ccccc32)c1. The van der Waals surface area contributed by atoms with Crippen molar-refractivity contribution in [3.8, 4) is 5.69 Å². The maximum Gasteiger partial charge on any atom is 0.147 e. The minimum atomic E-state index is -0.303. The molecule has 0 aliphatic heterocycles. The molecular weight excluding hydrogens is 275 g/mol.